The van der Waals surface area contributed by atoms with Crippen molar-refractivity contribution in [3.8, 4) is 0 Å². The fourth-order valence-corrected chi connectivity index (χ4v) is 1.99. The predicted octanol–water partition coefficient (Wildman–Crippen LogP) is -1.02. The van der Waals surface area contributed by atoms with E-state index in [1.165, 1.54) is 19.3 Å². The lowest BCUT2D eigenvalue weighted by molar-refractivity contribution is -0.126. The third-order valence-electron chi connectivity index (χ3n) is 3.35. The highest BCUT2D eigenvalue weighted by molar-refractivity contribution is 5.84. The van der Waals surface area contributed by atoms with Gasteiger partial charge in [0, 0.05) is 25.9 Å². The van der Waals surface area contributed by atoms with E-state index in [0.29, 0.717) is 6.54 Å². The first-order chi connectivity index (χ1) is 11.5. The van der Waals surface area contributed by atoms with Crippen molar-refractivity contribution < 1.29 is 9.59 Å². The van der Waals surface area contributed by atoms with Crippen LogP contribution in [0, 0.1) is 0 Å². The maximum atomic E-state index is 11.8. The summed E-state index contributed by atoms with van der Waals surface area (Å²) in [5.74, 6) is -0.828. The minimum Gasteiger partial charge on any atom is -0.350 e. The number of hydrogen-bond donors (Lipinski definition) is 2. The molecule has 8 nitrogen and oxygen atoms in total. The first-order valence-electron chi connectivity index (χ1n) is 7.31. The Hall–Kier alpha value is -3.16. The van der Waals surface area contributed by atoms with Crippen LogP contribution in [0.1, 0.15) is 5.56 Å². The summed E-state index contributed by atoms with van der Waals surface area (Å²) in [6.07, 6.45) is 1.25. The largest absolute Gasteiger partial charge is 0.350 e. The Balaban J connectivity index is 1.81. The van der Waals surface area contributed by atoms with Gasteiger partial charge in [0.2, 0.25) is 11.8 Å². The van der Waals surface area contributed by atoms with Crippen LogP contribution in [-0.4, -0.2) is 27.5 Å². The molecule has 0 unspecified atom stereocenters. The zero-order valence-corrected chi connectivity index (χ0v) is 13.2. The summed E-state index contributed by atoms with van der Waals surface area (Å²) in [6.45, 7) is -0.0824. The molecule has 0 radical (unpaired) electrons. The van der Waals surface area contributed by atoms with Crippen molar-refractivity contribution in [1.82, 2.24) is 19.8 Å². The molecule has 0 fully saturated rings. The van der Waals surface area contributed by atoms with Crippen LogP contribution >= 0.6 is 0 Å². The van der Waals surface area contributed by atoms with Crippen molar-refractivity contribution in [1.29, 1.82) is 0 Å². The van der Waals surface area contributed by atoms with Crippen LogP contribution in [0.3, 0.4) is 0 Å². The minimum absolute atomic E-state index is 0.188. The molecule has 0 bridgehead atoms. The molecule has 0 aliphatic rings. The molecular weight excluding hydrogens is 312 g/mol. The first kappa shape index (κ1) is 17.2. The molecule has 0 spiro atoms. The van der Waals surface area contributed by atoms with E-state index in [-0.39, 0.29) is 19.0 Å². The number of hydrogen-bond acceptors (Lipinski definition) is 4. The number of carbonyl (C=O) groups is 2. The summed E-state index contributed by atoms with van der Waals surface area (Å²) in [5, 5.41) is 5.11. The second-order valence-electron chi connectivity index (χ2n) is 5.16. The highest BCUT2D eigenvalue weighted by atomic mass is 16.2. The lowest BCUT2D eigenvalue weighted by Crippen LogP contribution is -2.42. The van der Waals surface area contributed by atoms with E-state index in [9.17, 15) is 19.2 Å². The number of rotatable bonds is 6. The molecule has 24 heavy (non-hydrogen) atoms. The van der Waals surface area contributed by atoms with Crippen LogP contribution < -0.4 is 21.9 Å². The molecule has 126 valence electrons. The number of nitrogens with one attached hydrogen (secondary N) is 2. The van der Waals surface area contributed by atoms with Gasteiger partial charge in [-0.15, -0.1) is 0 Å². The molecule has 1 heterocycles. The molecule has 2 N–H and O–H groups in total. The fraction of sp³-hybridized carbons (Fsp3) is 0.250. The maximum absolute atomic E-state index is 11.8. The summed E-state index contributed by atoms with van der Waals surface area (Å²) in [6, 6.07) is 10.6. The van der Waals surface area contributed by atoms with Gasteiger partial charge in [-0.1, -0.05) is 30.3 Å². The standard InChI is InChI=1S/C16H18N4O4/c1-19-15(23)7-8-20(16(19)24)11-14(22)18-10-13(21)17-9-12-5-3-2-4-6-12/h2-8H,9-11H2,1H3,(H,17,21)(H,18,22). The van der Waals surface area contributed by atoms with E-state index in [4.69, 9.17) is 0 Å². The van der Waals surface area contributed by atoms with Crippen molar-refractivity contribution in [3.05, 3.63) is 69.0 Å². The normalized spacial score (nSPS) is 10.2. The average Bonchev–Trinajstić information content (AvgIpc) is 2.59. The van der Waals surface area contributed by atoms with Crippen molar-refractivity contribution >= 4 is 11.8 Å². The lowest BCUT2D eigenvalue weighted by Gasteiger charge is -2.09. The third-order valence-corrected chi connectivity index (χ3v) is 3.35. The zero-order chi connectivity index (χ0) is 17.5. The van der Waals surface area contributed by atoms with Crippen LogP contribution in [0.2, 0.25) is 0 Å². The van der Waals surface area contributed by atoms with Crippen molar-refractivity contribution in [2.45, 2.75) is 13.1 Å². The van der Waals surface area contributed by atoms with Gasteiger partial charge in [0.25, 0.3) is 5.56 Å². The molecular formula is C16H18N4O4. The highest BCUT2D eigenvalue weighted by Crippen LogP contribution is 1.96. The number of nitrogens with zero attached hydrogens (tertiary/aromatic N) is 2. The van der Waals surface area contributed by atoms with E-state index < -0.39 is 17.2 Å². The van der Waals surface area contributed by atoms with Gasteiger partial charge in [-0.05, 0) is 5.56 Å². The van der Waals surface area contributed by atoms with Crippen molar-refractivity contribution in [3.63, 3.8) is 0 Å². The van der Waals surface area contributed by atoms with Gasteiger partial charge < -0.3 is 10.6 Å². The van der Waals surface area contributed by atoms with Gasteiger partial charge in [0.15, 0.2) is 0 Å². The van der Waals surface area contributed by atoms with Crippen LogP contribution in [0.15, 0.2) is 52.2 Å². The van der Waals surface area contributed by atoms with Crippen molar-refractivity contribution in [2.75, 3.05) is 6.54 Å². The SMILES string of the molecule is Cn1c(=O)ccn(CC(=O)NCC(=O)NCc2ccccc2)c1=O. The predicted molar refractivity (Wildman–Crippen MR) is 87.2 cm³/mol. The van der Waals surface area contributed by atoms with E-state index in [0.717, 1.165) is 14.7 Å². The molecule has 2 aromatic rings. The average molecular weight is 330 g/mol. The van der Waals surface area contributed by atoms with Crippen molar-refractivity contribution in [2.24, 2.45) is 7.05 Å². The Labute approximate surface area is 137 Å². The van der Waals surface area contributed by atoms with Gasteiger partial charge >= 0.3 is 5.69 Å². The molecule has 1 aromatic carbocycles. The fourth-order valence-electron chi connectivity index (χ4n) is 1.99. The topological polar surface area (TPSA) is 102 Å². The van der Waals surface area contributed by atoms with Gasteiger partial charge in [-0.25, -0.2) is 4.79 Å². The molecule has 2 amide bonds. The van der Waals surface area contributed by atoms with E-state index in [1.807, 2.05) is 30.3 Å². The summed E-state index contributed by atoms with van der Waals surface area (Å²) >= 11 is 0. The van der Waals surface area contributed by atoms with E-state index in [2.05, 4.69) is 10.6 Å². The molecule has 8 heteroatoms. The van der Waals surface area contributed by atoms with E-state index in [1.54, 1.807) is 0 Å². The number of benzene rings is 1. The van der Waals surface area contributed by atoms with Gasteiger partial charge in [0.05, 0.1) is 6.54 Å². The molecule has 2 rings (SSSR count). The third kappa shape index (κ3) is 4.67. The second kappa shape index (κ2) is 7.91. The molecule has 0 saturated heterocycles. The van der Waals surface area contributed by atoms with Crippen LogP contribution in [0.5, 0.6) is 0 Å². The van der Waals surface area contributed by atoms with Crippen LogP contribution in [0.4, 0.5) is 0 Å². The Kier molecular flexibility index (Phi) is 5.67. The zero-order valence-electron chi connectivity index (χ0n) is 13.2. The number of amides is 2. The molecule has 0 atom stereocenters. The van der Waals surface area contributed by atoms with Gasteiger partial charge in [0.1, 0.15) is 6.54 Å². The molecule has 0 saturated carbocycles. The van der Waals surface area contributed by atoms with E-state index >= 15 is 0 Å². The molecule has 1 aromatic heterocycles. The summed E-state index contributed by atoms with van der Waals surface area (Å²) in [5.41, 5.74) is -0.0861. The molecule has 0 aliphatic carbocycles. The quantitative estimate of drug-likeness (QED) is 0.708. The van der Waals surface area contributed by atoms with Gasteiger partial charge in [-0.3, -0.25) is 23.5 Å². The van der Waals surface area contributed by atoms with Crippen LogP contribution in [0.25, 0.3) is 0 Å². The number of carbonyl (C=O) groups excluding carboxylic acids is 2. The number of aromatic nitrogens is 2. The maximum Gasteiger partial charge on any atom is 0.331 e. The van der Waals surface area contributed by atoms with Gasteiger partial charge in [-0.2, -0.15) is 0 Å². The molecule has 0 aliphatic heterocycles. The van der Waals surface area contributed by atoms with Crippen LogP contribution in [-0.2, 0) is 29.7 Å². The Morgan fingerprint density at radius 1 is 1.00 bits per heavy atom. The smallest absolute Gasteiger partial charge is 0.331 e. The highest BCUT2D eigenvalue weighted by Gasteiger charge is 2.08. The Morgan fingerprint density at radius 3 is 2.42 bits per heavy atom. The summed E-state index contributed by atoms with van der Waals surface area (Å²) in [4.78, 5) is 46.6. The second-order valence-corrected chi connectivity index (χ2v) is 5.16. The Morgan fingerprint density at radius 2 is 1.71 bits per heavy atom. The summed E-state index contributed by atoms with van der Waals surface area (Å²) < 4.78 is 2.00. The Bertz CT molecular complexity index is 839. The first-order valence-corrected chi connectivity index (χ1v) is 7.31. The summed E-state index contributed by atoms with van der Waals surface area (Å²) in [7, 11) is 1.33. The minimum atomic E-state index is -0.592. The lowest BCUT2D eigenvalue weighted by atomic mass is 10.2. The monoisotopic (exact) mass is 330 g/mol.